The predicted molar refractivity (Wildman–Crippen MR) is 81.4 cm³/mol. The average molecular weight is 313 g/mol. The molecule has 0 unspecified atom stereocenters. The lowest BCUT2D eigenvalue weighted by atomic mass is 10.2. The minimum Gasteiger partial charge on any atom is -0.464 e. The van der Waals surface area contributed by atoms with Crippen molar-refractivity contribution in [3.05, 3.63) is 53.9 Å². The maximum atomic E-state index is 12.1. The molecule has 1 aromatic heterocycles. The number of benzene rings is 1. The molecule has 1 heterocycles. The highest BCUT2D eigenvalue weighted by atomic mass is 32.2. The number of thiocyanates is 1. The first-order chi connectivity index (χ1) is 10.6. The number of hydrogen-bond acceptors (Lipinski definition) is 6. The predicted octanol–water partition coefficient (Wildman–Crippen LogP) is 2.69. The summed E-state index contributed by atoms with van der Waals surface area (Å²) in [6.07, 6.45) is 0. The molecular weight excluding hydrogens is 302 g/mol. The Hall–Kier alpha value is -2.85. The van der Waals surface area contributed by atoms with Gasteiger partial charge in [-0.2, -0.15) is 5.26 Å². The van der Waals surface area contributed by atoms with E-state index in [2.05, 4.69) is 15.0 Å². The van der Waals surface area contributed by atoms with E-state index in [4.69, 9.17) is 5.26 Å². The highest BCUT2D eigenvalue weighted by Crippen LogP contribution is 2.19. The number of thioether (sulfide) groups is 1. The summed E-state index contributed by atoms with van der Waals surface area (Å²) in [6, 6.07) is 11.3. The van der Waals surface area contributed by atoms with E-state index in [1.807, 2.05) is 5.40 Å². The number of ether oxygens (including phenoxy) is 1. The Labute approximate surface area is 131 Å². The van der Waals surface area contributed by atoms with Gasteiger partial charge in [0.2, 0.25) is 0 Å². The van der Waals surface area contributed by atoms with Crippen LogP contribution in [0.3, 0.4) is 0 Å². The minimum atomic E-state index is -0.604. The summed E-state index contributed by atoms with van der Waals surface area (Å²) in [4.78, 5) is 28.2. The molecule has 1 amide bonds. The second kappa shape index (κ2) is 7.24. The fourth-order valence-electron chi connectivity index (χ4n) is 1.63. The van der Waals surface area contributed by atoms with Gasteiger partial charge in [-0.05, 0) is 48.2 Å². The Morgan fingerprint density at radius 3 is 2.50 bits per heavy atom. The fraction of sp³-hybridized carbons (Fsp3) is 0.0667. The number of anilines is 1. The maximum absolute atomic E-state index is 12.1. The quantitative estimate of drug-likeness (QED) is 0.530. The molecule has 0 radical (unpaired) electrons. The van der Waals surface area contributed by atoms with Crippen LogP contribution in [0.2, 0.25) is 0 Å². The molecule has 1 N–H and O–H groups in total. The second-order valence-corrected chi connectivity index (χ2v) is 4.93. The van der Waals surface area contributed by atoms with Gasteiger partial charge in [-0.15, -0.1) is 0 Å². The lowest BCUT2D eigenvalue weighted by molar-refractivity contribution is 0.0594. The van der Waals surface area contributed by atoms with Gasteiger partial charge in [0.15, 0.2) is 0 Å². The largest absolute Gasteiger partial charge is 0.464 e. The van der Waals surface area contributed by atoms with Gasteiger partial charge in [-0.1, -0.05) is 6.07 Å². The molecule has 0 saturated carbocycles. The van der Waals surface area contributed by atoms with Crippen LogP contribution in [0.25, 0.3) is 0 Å². The van der Waals surface area contributed by atoms with Gasteiger partial charge in [0.1, 0.15) is 16.8 Å². The van der Waals surface area contributed by atoms with Crippen LogP contribution in [-0.2, 0) is 4.74 Å². The number of methoxy groups -OCH3 is 1. The highest BCUT2D eigenvalue weighted by Gasteiger charge is 2.12. The first-order valence-corrected chi connectivity index (χ1v) is 6.98. The number of esters is 1. The summed E-state index contributed by atoms with van der Waals surface area (Å²) < 4.78 is 4.56. The molecule has 1 aromatic carbocycles. The Balaban J connectivity index is 2.12. The van der Waals surface area contributed by atoms with Gasteiger partial charge >= 0.3 is 5.97 Å². The summed E-state index contributed by atoms with van der Waals surface area (Å²) in [6.45, 7) is 0. The smallest absolute Gasteiger partial charge is 0.356 e. The molecule has 6 nitrogen and oxygen atoms in total. The average Bonchev–Trinajstić information content (AvgIpc) is 2.56. The van der Waals surface area contributed by atoms with Crippen molar-refractivity contribution in [2.24, 2.45) is 0 Å². The van der Waals surface area contributed by atoms with Gasteiger partial charge < -0.3 is 10.1 Å². The van der Waals surface area contributed by atoms with E-state index in [1.165, 1.54) is 19.2 Å². The van der Waals surface area contributed by atoms with Crippen LogP contribution >= 0.6 is 11.8 Å². The topological polar surface area (TPSA) is 92.1 Å². The van der Waals surface area contributed by atoms with Crippen molar-refractivity contribution < 1.29 is 14.3 Å². The number of aromatic nitrogens is 1. The normalized spacial score (nSPS) is 9.64. The summed E-state index contributed by atoms with van der Waals surface area (Å²) in [5.41, 5.74) is 0.742. The molecule has 2 aromatic rings. The van der Waals surface area contributed by atoms with Crippen LogP contribution in [0.15, 0.2) is 47.4 Å². The van der Waals surface area contributed by atoms with Gasteiger partial charge in [0.25, 0.3) is 5.91 Å². The molecule has 0 aliphatic heterocycles. The van der Waals surface area contributed by atoms with E-state index < -0.39 is 11.9 Å². The van der Waals surface area contributed by atoms with Crippen LogP contribution in [0.5, 0.6) is 0 Å². The van der Waals surface area contributed by atoms with Gasteiger partial charge in [-0.25, -0.2) is 9.78 Å². The molecule has 7 heteroatoms. The standard InChI is InChI=1S/C15H11N3O3S/c1-21-15(20)13-4-2-3-12(18-13)14(19)17-10-5-7-11(8-6-10)22-9-16/h2-8H,1H3,(H,17,19). The number of nitrogens with zero attached hydrogens (tertiary/aromatic N) is 2. The Bertz CT molecular complexity index is 738. The fourth-order valence-corrected chi connectivity index (χ4v) is 2.01. The van der Waals surface area contributed by atoms with Crippen molar-refractivity contribution in [2.45, 2.75) is 4.90 Å². The van der Waals surface area contributed by atoms with Crippen molar-refractivity contribution >= 4 is 29.3 Å². The van der Waals surface area contributed by atoms with Crippen molar-refractivity contribution in [1.29, 1.82) is 5.26 Å². The van der Waals surface area contributed by atoms with E-state index in [0.29, 0.717) is 5.69 Å². The number of nitrogens with one attached hydrogen (secondary N) is 1. The highest BCUT2D eigenvalue weighted by molar-refractivity contribution is 8.03. The van der Waals surface area contributed by atoms with Crippen LogP contribution in [0.1, 0.15) is 21.0 Å². The third kappa shape index (κ3) is 3.84. The number of carbonyl (C=O) groups is 2. The number of rotatable bonds is 4. The minimum absolute atomic E-state index is 0.0657. The summed E-state index contributed by atoms with van der Waals surface area (Å²) >= 11 is 1.04. The van der Waals surface area contributed by atoms with Gasteiger partial charge in [0.05, 0.1) is 7.11 Å². The molecule has 0 aliphatic rings. The Kier molecular flexibility index (Phi) is 5.11. The van der Waals surface area contributed by atoms with E-state index in [-0.39, 0.29) is 11.4 Å². The summed E-state index contributed by atoms with van der Waals surface area (Å²) in [5.74, 6) is -1.04. The molecule has 0 bridgehead atoms. The molecule has 0 aliphatic carbocycles. The zero-order valence-electron chi connectivity index (χ0n) is 11.6. The van der Waals surface area contributed by atoms with Crippen LogP contribution in [-0.4, -0.2) is 24.0 Å². The first kappa shape index (κ1) is 15.5. The van der Waals surface area contributed by atoms with E-state index in [9.17, 15) is 9.59 Å². The Morgan fingerprint density at radius 2 is 1.86 bits per heavy atom. The maximum Gasteiger partial charge on any atom is 0.356 e. The van der Waals surface area contributed by atoms with Crippen molar-refractivity contribution in [2.75, 3.05) is 12.4 Å². The van der Waals surface area contributed by atoms with Gasteiger partial charge in [0, 0.05) is 10.6 Å². The van der Waals surface area contributed by atoms with E-state index >= 15 is 0 Å². The van der Waals surface area contributed by atoms with Crippen molar-refractivity contribution in [1.82, 2.24) is 4.98 Å². The molecule has 0 fully saturated rings. The molecule has 0 atom stereocenters. The number of nitriles is 1. The van der Waals surface area contributed by atoms with Crippen LogP contribution < -0.4 is 5.32 Å². The van der Waals surface area contributed by atoms with E-state index in [0.717, 1.165) is 16.7 Å². The van der Waals surface area contributed by atoms with Gasteiger partial charge in [-0.3, -0.25) is 4.79 Å². The SMILES string of the molecule is COC(=O)c1cccc(C(=O)Nc2ccc(SC#N)cc2)n1. The first-order valence-electron chi connectivity index (χ1n) is 6.17. The monoisotopic (exact) mass is 313 g/mol. The lowest BCUT2D eigenvalue weighted by Crippen LogP contribution is -2.15. The third-order valence-electron chi connectivity index (χ3n) is 2.65. The Morgan fingerprint density at radius 1 is 1.18 bits per heavy atom. The molecule has 0 saturated heterocycles. The van der Waals surface area contributed by atoms with E-state index in [1.54, 1.807) is 30.3 Å². The van der Waals surface area contributed by atoms with Crippen LogP contribution in [0, 0.1) is 10.7 Å². The third-order valence-corrected chi connectivity index (χ3v) is 3.25. The molecule has 22 heavy (non-hydrogen) atoms. The van der Waals surface area contributed by atoms with Crippen LogP contribution in [0.4, 0.5) is 5.69 Å². The molecule has 2 rings (SSSR count). The number of carbonyl (C=O) groups excluding carboxylic acids is 2. The molecule has 0 spiro atoms. The van der Waals surface area contributed by atoms with Crippen molar-refractivity contribution in [3.8, 4) is 5.40 Å². The molecular formula is C15H11N3O3S. The second-order valence-electron chi connectivity index (χ2n) is 4.07. The lowest BCUT2D eigenvalue weighted by Gasteiger charge is -2.06. The zero-order valence-corrected chi connectivity index (χ0v) is 12.4. The molecule has 110 valence electrons. The number of pyridine rings is 1. The summed E-state index contributed by atoms with van der Waals surface area (Å²) in [5, 5.41) is 13.2. The zero-order chi connectivity index (χ0) is 15.9. The number of hydrogen-bond donors (Lipinski definition) is 1. The van der Waals surface area contributed by atoms with Crippen molar-refractivity contribution in [3.63, 3.8) is 0 Å². The summed E-state index contributed by atoms with van der Waals surface area (Å²) in [7, 11) is 1.25. The number of amides is 1.